The molecule has 1 N–H and O–H groups in total. The minimum atomic E-state index is 0.0287. The van der Waals surface area contributed by atoms with Gasteiger partial charge in [0.05, 0.1) is 11.8 Å². The topological polar surface area (TPSA) is 86.1 Å². The Labute approximate surface area is 161 Å². The number of aromatic nitrogens is 3. The van der Waals surface area contributed by atoms with Crippen LogP contribution in [0.1, 0.15) is 25.7 Å². The molecule has 0 atom stereocenters. The third-order valence-electron chi connectivity index (χ3n) is 5.21. The molecular formula is C21H20N4O3. The average molecular weight is 376 g/mol. The maximum absolute atomic E-state index is 12.5. The number of hydrogen-bond acceptors (Lipinski definition) is 5. The van der Waals surface area contributed by atoms with Gasteiger partial charge in [-0.25, -0.2) is 0 Å². The minimum absolute atomic E-state index is 0.0287. The second-order valence-corrected chi connectivity index (χ2v) is 7.13. The summed E-state index contributed by atoms with van der Waals surface area (Å²) in [5.74, 6) is 1.28. The van der Waals surface area contributed by atoms with E-state index in [0.717, 1.165) is 29.3 Å². The maximum Gasteiger partial charge on any atom is 0.283 e. The van der Waals surface area contributed by atoms with Crippen molar-refractivity contribution in [2.45, 2.75) is 38.3 Å². The van der Waals surface area contributed by atoms with E-state index in [4.69, 9.17) is 8.83 Å². The lowest BCUT2D eigenvalue weighted by Gasteiger charge is -2.12. The summed E-state index contributed by atoms with van der Waals surface area (Å²) in [4.78, 5) is 12.5. The van der Waals surface area contributed by atoms with Crippen LogP contribution in [0.5, 0.6) is 0 Å². The summed E-state index contributed by atoms with van der Waals surface area (Å²) in [5.41, 5.74) is 1.76. The van der Waals surface area contributed by atoms with E-state index < -0.39 is 0 Å². The van der Waals surface area contributed by atoms with Gasteiger partial charge in [0.2, 0.25) is 11.8 Å². The third kappa shape index (κ3) is 3.09. The Kier molecular flexibility index (Phi) is 4.20. The summed E-state index contributed by atoms with van der Waals surface area (Å²) < 4.78 is 13.1. The fourth-order valence-electron chi connectivity index (χ4n) is 3.88. The number of para-hydroxylation sites is 1. The Bertz CT molecular complexity index is 1100. The van der Waals surface area contributed by atoms with Gasteiger partial charge in [-0.05, 0) is 31.0 Å². The SMILES string of the molecule is O=C(Cn1cc(-c2nnc(-c3ccco3)o2)c2ccccc21)NC1CCCC1. The molecule has 0 bridgehead atoms. The van der Waals surface area contributed by atoms with E-state index in [0.29, 0.717) is 23.6 Å². The molecule has 1 aliphatic rings. The summed E-state index contributed by atoms with van der Waals surface area (Å²) in [7, 11) is 0. The predicted molar refractivity (Wildman–Crippen MR) is 103 cm³/mol. The Balaban J connectivity index is 1.46. The summed E-state index contributed by atoms with van der Waals surface area (Å²) in [6.07, 6.45) is 7.99. The van der Waals surface area contributed by atoms with Crippen LogP contribution in [0, 0.1) is 0 Å². The van der Waals surface area contributed by atoms with Crippen molar-refractivity contribution in [1.82, 2.24) is 20.1 Å². The molecule has 7 nitrogen and oxygen atoms in total. The number of furan rings is 1. The summed E-state index contributed by atoms with van der Waals surface area (Å²) in [5, 5.41) is 12.4. The van der Waals surface area contributed by atoms with Crippen molar-refractivity contribution >= 4 is 16.8 Å². The van der Waals surface area contributed by atoms with Crippen molar-refractivity contribution in [3.63, 3.8) is 0 Å². The molecule has 3 heterocycles. The molecule has 1 aliphatic carbocycles. The van der Waals surface area contributed by atoms with Crippen molar-refractivity contribution in [1.29, 1.82) is 0 Å². The number of rotatable bonds is 5. The molecule has 0 saturated heterocycles. The number of benzene rings is 1. The molecule has 7 heteroatoms. The van der Waals surface area contributed by atoms with E-state index >= 15 is 0 Å². The van der Waals surface area contributed by atoms with Gasteiger partial charge in [-0.15, -0.1) is 10.2 Å². The summed E-state index contributed by atoms with van der Waals surface area (Å²) in [6.45, 7) is 0.260. The monoisotopic (exact) mass is 376 g/mol. The van der Waals surface area contributed by atoms with Gasteiger partial charge >= 0.3 is 0 Å². The standard InChI is InChI=1S/C21H20N4O3/c26-19(22-14-6-1-2-7-14)13-25-12-16(15-8-3-4-9-17(15)25)20-23-24-21(28-20)18-10-5-11-27-18/h3-5,8-12,14H,1-2,6-7,13H2,(H,22,26). The zero-order valence-corrected chi connectivity index (χ0v) is 15.3. The van der Waals surface area contributed by atoms with Gasteiger partial charge < -0.3 is 18.7 Å². The van der Waals surface area contributed by atoms with Gasteiger partial charge in [0.15, 0.2) is 5.76 Å². The van der Waals surface area contributed by atoms with E-state index in [1.54, 1.807) is 18.4 Å². The van der Waals surface area contributed by atoms with Crippen LogP contribution in [0.2, 0.25) is 0 Å². The van der Waals surface area contributed by atoms with E-state index in [1.807, 2.05) is 35.0 Å². The Morgan fingerprint density at radius 1 is 1.11 bits per heavy atom. The zero-order chi connectivity index (χ0) is 18.9. The second kappa shape index (κ2) is 6.99. The highest BCUT2D eigenvalue weighted by Gasteiger charge is 2.20. The lowest BCUT2D eigenvalue weighted by Crippen LogP contribution is -2.35. The van der Waals surface area contributed by atoms with Gasteiger partial charge in [-0.3, -0.25) is 4.79 Å². The number of hydrogen-bond donors (Lipinski definition) is 1. The highest BCUT2D eigenvalue weighted by Crippen LogP contribution is 2.31. The number of nitrogens with zero attached hydrogens (tertiary/aromatic N) is 3. The van der Waals surface area contributed by atoms with Crippen molar-refractivity contribution in [2.75, 3.05) is 0 Å². The van der Waals surface area contributed by atoms with E-state index in [2.05, 4.69) is 15.5 Å². The van der Waals surface area contributed by atoms with Gasteiger partial charge in [0, 0.05) is 23.1 Å². The molecule has 4 aromatic rings. The first-order chi connectivity index (χ1) is 13.8. The number of carbonyl (C=O) groups excluding carboxylic acids is 1. The van der Waals surface area contributed by atoms with Gasteiger partial charge in [0.25, 0.3) is 5.89 Å². The first kappa shape index (κ1) is 16.8. The molecule has 142 valence electrons. The van der Waals surface area contributed by atoms with Crippen molar-refractivity contribution in [3.05, 3.63) is 48.9 Å². The van der Waals surface area contributed by atoms with E-state index in [9.17, 15) is 4.79 Å². The van der Waals surface area contributed by atoms with Crippen LogP contribution in [-0.4, -0.2) is 26.7 Å². The molecule has 1 aromatic carbocycles. The number of carbonyl (C=O) groups is 1. The molecule has 0 unspecified atom stereocenters. The van der Waals surface area contributed by atoms with Crippen LogP contribution in [0.15, 0.2) is 57.7 Å². The Hall–Kier alpha value is -3.35. The Morgan fingerprint density at radius 2 is 1.93 bits per heavy atom. The largest absolute Gasteiger partial charge is 0.459 e. The number of fused-ring (bicyclic) bond motifs is 1. The molecule has 3 aromatic heterocycles. The van der Waals surface area contributed by atoms with Gasteiger partial charge in [-0.1, -0.05) is 31.0 Å². The van der Waals surface area contributed by atoms with Crippen LogP contribution in [0.3, 0.4) is 0 Å². The summed E-state index contributed by atoms with van der Waals surface area (Å²) in [6, 6.07) is 11.7. The molecule has 0 aliphatic heterocycles. The fraction of sp³-hybridized carbons (Fsp3) is 0.286. The second-order valence-electron chi connectivity index (χ2n) is 7.13. The quantitative estimate of drug-likeness (QED) is 0.569. The highest BCUT2D eigenvalue weighted by atomic mass is 16.4. The van der Waals surface area contributed by atoms with Crippen LogP contribution < -0.4 is 5.32 Å². The Morgan fingerprint density at radius 3 is 2.75 bits per heavy atom. The van der Waals surface area contributed by atoms with Crippen molar-refractivity contribution < 1.29 is 13.6 Å². The van der Waals surface area contributed by atoms with Gasteiger partial charge in [-0.2, -0.15) is 0 Å². The average Bonchev–Trinajstić information content (AvgIpc) is 3.49. The van der Waals surface area contributed by atoms with Crippen LogP contribution >= 0.6 is 0 Å². The first-order valence-electron chi connectivity index (χ1n) is 9.53. The zero-order valence-electron chi connectivity index (χ0n) is 15.3. The maximum atomic E-state index is 12.5. The summed E-state index contributed by atoms with van der Waals surface area (Å²) >= 11 is 0. The lowest BCUT2D eigenvalue weighted by molar-refractivity contribution is -0.122. The third-order valence-corrected chi connectivity index (χ3v) is 5.21. The smallest absolute Gasteiger partial charge is 0.283 e. The number of amides is 1. The molecular weight excluding hydrogens is 356 g/mol. The van der Waals surface area contributed by atoms with Crippen LogP contribution in [0.4, 0.5) is 0 Å². The molecule has 5 rings (SSSR count). The molecule has 1 amide bonds. The normalized spacial score (nSPS) is 14.7. The fourth-order valence-corrected chi connectivity index (χ4v) is 3.88. The van der Waals surface area contributed by atoms with Gasteiger partial charge in [0.1, 0.15) is 6.54 Å². The van der Waals surface area contributed by atoms with E-state index in [-0.39, 0.29) is 12.5 Å². The van der Waals surface area contributed by atoms with Crippen molar-refractivity contribution in [3.8, 4) is 23.1 Å². The lowest BCUT2D eigenvalue weighted by atomic mass is 10.2. The van der Waals surface area contributed by atoms with Crippen LogP contribution in [-0.2, 0) is 11.3 Å². The molecule has 1 saturated carbocycles. The number of nitrogens with one attached hydrogen (secondary N) is 1. The molecule has 0 radical (unpaired) electrons. The van der Waals surface area contributed by atoms with Crippen molar-refractivity contribution in [2.24, 2.45) is 0 Å². The van der Waals surface area contributed by atoms with E-state index in [1.165, 1.54) is 12.8 Å². The van der Waals surface area contributed by atoms with Crippen LogP contribution in [0.25, 0.3) is 34.0 Å². The molecule has 28 heavy (non-hydrogen) atoms. The molecule has 0 spiro atoms. The predicted octanol–water partition coefficient (Wildman–Crippen LogP) is 4.01. The first-order valence-corrected chi connectivity index (χ1v) is 9.53. The molecule has 1 fully saturated rings. The highest BCUT2D eigenvalue weighted by molar-refractivity contribution is 5.95. The minimum Gasteiger partial charge on any atom is -0.459 e.